The van der Waals surface area contributed by atoms with Crippen molar-refractivity contribution in [2.24, 2.45) is 5.92 Å². The van der Waals surface area contributed by atoms with Crippen LogP contribution in [-0.2, 0) is 9.47 Å². The summed E-state index contributed by atoms with van der Waals surface area (Å²) < 4.78 is 37.8. The third-order valence-electron chi connectivity index (χ3n) is 3.82. The molecule has 120 valence electrons. The highest BCUT2D eigenvalue weighted by atomic mass is 19.2. The van der Waals surface area contributed by atoms with E-state index in [1.165, 1.54) is 6.07 Å². The lowest BCUT2D eigenvalue weighted by atomic mass is 10.0. The van der Waals surface area contributed by atoms with Gasteiger partial charge in [0.2, 0.25) is 0 Å². The molecule has 0 saturated carbocycles. The minimum Gasteiger partial charge on any atom is -0.348 e. The van der Waals surface area contributed by atoms with Crippen molar-refractivity contribution in [3.8, 4) is 11.1 Å². The van der Waals surface area contributed by atoms with Gasteiger partial charge in [-0.25, -0.2) is 8.78 Å². The first-order valence-electron chi connectivity index (χ1n) is 7.59. The first-order chi connectivity index (χ1) is 11.2. The van der Waals surface area contributed by atoms with Gasteiger partial charge in [-0.15, -0.1) is 0 Å². The monoisotopic (exact) mass is 316 g/mol. The summed E-state index contributed by atoms with van der Waals surface area (Å²) in [7, 11) is 0. The molecular weight excluding hydrogens is 298 g/mol. The number of ether oxygens (including phenoxy) is 2. The minimum absolute atomic E-state index is 0.290. The van der Waals surface area contributed by atoms with Gasteiger partial charge in [0, 0.05) is 11.5 Å². The van der Waals surface area contributed by atoms with E-state index in [2.05, 4.69) is 6.08 Å². The molecule has 0 radical (unpaired) electrons. The van der Waals surface area contributed by atoms with Crippen molar-refractivity contribution >= 4 is 0 Å². The Bertz CT molecular complexity index is 687. The lowest BCUT2D eigenvalue weighted by Crippen LogP contribution is -2.25. The van der Waals surface area contributed by atoms with Gasteiger partial charge in [0.25, 0.3) is 0 Å². The Morgan fingerprint density at radius 3 is 2.17 bits per heavy atom. The summed E-state index contributed by atoms with van der Waals surface area (Å²) in [5.74, 6) is -1.40. The van der Waals surface area contributed by atoms with E-state index in [9.17, 15) is 8.78 Å². The summed E-state index contributed by atoms with van der Waals surface area (Å²) >= 11 is 0. The molecule has 2 aromatic carbocycles. The van der Waals surface area contributed by atoms with Crippen LogP contribution >= 0.6 is 0 Å². The van der Waals surface area contributed by atoms with Gasteiger partial charge in [0.15, 0.2) is 17.9 Å². The van der Waals surface area contributed by atoms with Crippen LogP contribution in [-0.4, -0.2) is 13.2 Å². The van der Waals surface area contributed by atoms with Gasteiger partial charge in [-0.1, -0.05) is 42.5 Å². The normalized spacial score (nSPS) is 21.7. The zero-order valence-corrected chi connectivity index (χ0v) is 12.8. The Labute approximate surface area is 134 Å². The molecule has 0 spiro atoms. The number of halogens is 2. The van der Waals surface area contributed by atoms with Gasteiger partial charge in [-0.2, -0.15) is 0 Å². The molecular formula is C19H18F2O2. The van der Waals surface area contributed by atoms with Gasteiger partial charge in [-0.3, -0.25) is 0 Å². The maximum Gasteiger partial charge on any atom is 0.183 e. The number of hydrogen-bond acceptors (Lipinski definition) is 2. The van der Waals surface area contributed by atoms with Crippen molar-refractivity contribution in [1.29, 1.82) is 0 Å². The van der Waals surface area contributed by atoms with E-state index in [-0.39, 0.29) is 12.2 Å². The molecule has 0 bridgehead atoms. The van der Waals surface area contributed by atoms with Crippen molar-refractivity contribution in [1.82, 2.24) is 0 Å². The second-order valence-electron chi connectivity index (χ2n) is 5.54. The maximum atomic E-state index is 13.3. The van der Waals surface area contributed by atoms with Crippen LogP contribution in [0.5, 0.6) is 0 Å². The minimum atomic E-state index is -0.847. The van der Waals surface area contributed by atoms with Crippen LogP contribution in [0.15, 0.2) is 54.6 Å². The first kappa shape index (κ1) is 15.8. The van der Waals surface area contributed by atoms with Crippen LogP contribution in [0.4, 0.5) is 8.78 Å². The van der Waals surface area contributed by atoms with E-state index in [1.54, 1.807) is 6.07 Å². The van der Waals surface area contributed by atoms with Crippen LogP contribution in [0, 0.1) is 17.6 Å². The Balaban J connectivity index is 1.71. The molecule has 0 amide bonds. The first-order valence-corrected chi connectivity index (χ1v) is 7.59. The smallest absolute Gasteiger partial charge is 0.183 e. The highest BCUT2D eigenvalue weighted by Crippen LogP contribution is 2.28. The Morgan fingerprint density at radius 2 is 1.57 bits per heavy atom. The number of allylic oxidation sites excluding steroid dienone is 1. The zero-order valence-electron chi connectivity index (χ0n) is 12.8. The highest BCUT2D eigenvalue weighted by Gasteiger charge is 2.21. The highest BCUT2D eigenvalue weighted by molar-refractivity contribution is 5.63. The van der Waals surface area contributed by atoms with Gasteiger partial charge in [0.05, 0.1) is 13.2 Å². The number of hydrogen-bond donors (Lipinski definition) is 0. The topological polar surface area (TPSA) is 18.5 Å². The molecule has 0 N–H and O–H groups in total. The summed E-state index contributed by atoms with van der Waals surface area (Å²) in [4.78, 5) is 0. The molecule has 0 aromatic heterocycles. The summed E-state index contributed by atoms with van der Waals surface area (Å²) in [5.41, 5.74) is 2.36. The Kier molecular flexibility index (Phi) is 4.84. The fourth-order valence-corrected chi connectivity index (χ4v) is 2.60. The lowest BCUT2D eigenvalue weighted by molar-refractivity contribution is -0.197. The average Bonchev–Trinajstić information content (AvgIpc) is 2.59. The van der Waals surface area contributed by atoms with Gasteiger partial charge < -0.3 is 9.47 Å². The van der Waals surface area contributed by atoms with E-state index < -0.39 is 11.6 Å². The molecule has 1 aliphatic rings. The standard InChI is InChI=1S/C19H18F2O2/c1-2-3-13-11-22-19(23-12-13)15-6-4-14(5-7-15)16-8-9-17(20)18(21)10-16/h2-10,13,19H,11-12H2,1H3/b3-2+/t13-,19-. The van der Waals surface area contributed by atoms with Crippen LogP contribution < -0.4 is 0 Å². The van der Waals surface area contributed by atoms with Crippen LogP contribution in [0.25, 0.3) is 11.1 Å². The molecule has 2 aromatic rings. The third kappa shape index (κ3) is 3.66. The second-order valence-corrected chi connectivity index (χ2v) is 5.54. The lowest BCUT2D eigenvalue weighted by Gasteiger charge is -2.28. The molecule has 23 heavy (non-hydrogen) atoms. The molecule has 1 fully saturated rings. The zero-order chi connectivity index (χ0) is 16.2. The molecule has 3 rings (SSSR count). The Morgan fingerprint density at radius 1 is 0.913 bits per heavy atom. The largest absolute Gasteiger partial charge is 0.348 e. The van der Waals surface area contributed by atoms with E-state index in [0.717, 1.165) is 17.2 Å². The number of rotatable bonds is 3. The third-order valence-corrected chi connectivity index (χ3v) is 3.82. The van der Waals surface area contributed by atoms with Crippen molar-refractivity contribution in [3.63, 3.8) is 0 Å². The summed E-state index contributed by atoms with van der Waals surface area (Å²) in [5, 5.41) is 0. The summed E-state index contributed by atoms with van der Waals surface area (Å²) in [6, 6.07) is 11.4. The Hall–Kier alpha value is -2.04. The van der Waals surface area contributed by atoms with Crippen LogP contribution in [0.3, 0.4) is 0 Å². The van der Waals surface area contributed by atoms with Crippen molar-refractivity contribution in [3.05, 3.63) is 71.8 Å². The quantitative estimate of drug-likeness (QED) is 0.752. The molecule has 1 heterocycles. The molecule has 1 aliphatic heterocycles. The van der Waals surface area contributed by atoms with E-state index in [4.69, 9.17) is 9.47 Å². The molecule has 0 aliphatic carbocycles. The van der Waals surface area contributed by atoms with Crippen molar-refractivity contribution in [2.45, 2.75) is 13.2 Å². The fraction of sp³-hybridized carbons (Fsp3) is 0.263. The molecule has 2 nitrogen and oxygen atoms in total. The summed E-state index contributed by atoms with van der Waals surface area (Å²) in [6.45, 7) is 3.23. The number of benzene rings is 2. The second kappa shape index (κ2) is 7.02. The summed E-state index contributed by atoms with van der Waals surface area (Å²) in [6.07, 6.45) is 3.69. The van der Waals surface area contributed by atoms with Gasteiger partial charge in [0.1, 0.15) is 0 Å². The van der Waals surface area contributed by atoms with Crippen molar-refractivity contribution < 1.29 is 18.3 Å². The van der Waals surface area contributed by atoms with E-state index in [0.29, 0.717) is 18.8 Å². The SMILES string of the molecule is C/C=C/[C@H]1CO[C@H](c2ccc(-c3ccc(F)c(F)c3)cc2)OC1. The fourth-order valence-electron chi connectivity index (χ4n) is 2.60. The van der Waals surface area contributed by atoms with Crippen LogP contribution in [0.2, 0.25) is 0 Å². The predicted octanol–water partition coefficient (Wildman–Crippen LogP) is 4.87. The average molecular weight is 316 g/mol. The van der Waals surface area contributed by atoms with Gasteiger partial charge in [-0.05, 0) is 30.2 Å². The molecule has 1 saturated heterocycles. The van der Waals surface area contributed by atoms with Crippen molar-refractivity contribution in [2.75, 3.05) is 13.2 Å². The molecule has 4 heteroatoms. The van der Waals surface area contributed by atoms with E-state index >= 15 is 0 Å². The van der Waals surface area contributed by atoms with Crippen LogP contribution in [0.1, 0.15) is 18.8 Å². The maximum absolute atomic E-state index is 13.3. The molecule has 0 unspecified atom stereocenters. The van der Waals surface area contributed by atoms with Gasteiger partial charge >= 0.3 is 0 Å². The van der Waals surface area contributed by atoms with E-state index in [1.807, 2.05) is 37.3 Å². The molecule has 0 atom stereocenters. The predicted molar refractivity (Wildman–Crippen MR) is 84.7 cm³/mol.